The number of aliphatic carboxylic acids is 1. The predicted molar refractivity (Wildman–Crippen MR) is 150 cm³/mol. The van der Waals surface area contributed by atoms with Crippen LogP contribution in [0, 0.1) is 18.6 Å². The van der Waals surface area contributed by atoms with Crippen molar-refractivity contribution in [2.75, 3.05) is 56.0 Å². The molecular weight excluding hydrogens is 581 g/mol. The van der Waals surface area contributed by atoms with Crippen LogP contribution in [0.2, 0.25) is 0 Å². The minimum absolute atomic E-state index is 0.0221. The quantitative estimate of drug-likeness (QED) is 0.276. The number of rotatable bonds is 11. The number of carboxylic acid groups (broad SMARTS) is 1. The van der Waals surface area contributed by atoms with Crippen molar-refractivity contribution in [3.63, 3.8) is 0 Å². The zero-order chi connectivity index (χ0) is 30.6. The summed E-state index contributed by atoms with van der Waals surface area (Å²) in [5, 5.41) is 12.0. The van der Waals surface area contributed by atoms with Gasteiger partial charge in [0.25, 0.3) is 0 Å². The summed E-state index contributed by atoms with van der Waals surface area (Å²) < 4.78 is 70.4. The molecule has 1 aliphatic rings. The summed E-state index contributed by atoms with van der Waals surface area (Å²) in [7, 11) is 0. The van der Waals surface area contributed by atoms with Crippen LogP contribution in [0.1, 0.15) is 36.5 Å². The van der Waals surface area contributed by atoms with Gasteiger partial charge >= 0.3 is 12.1 Å². The summed E-state index contributed by atoms with van der Waals surface area (Å²) in [6.45, 7) is 9.53. The maximum atomic E-state index is 15.7. The van der Waals surface area contributed by atoms with Gasteiger partial charge in [0.05, 0.1) is 17.7 Å². The average molecular weight is 614 g/mol. The highest BCUT2D eigenvalue weighted by atomic mass is 32.1. The van der Waals surface area contributed by atoms with Crippen molar-refractivity contribution in [1.82, 2.24) is 24.8 Å². The third-order valence-corrected chi connectivity index (χ3v) is 7.90. The molecule has 1 aliphatic heterocycles. The highest BCUT2D eigenvalue weighted by Crippen LogP contribution is 2.38. The van der Waals surface area contributed by atoms with E-state index in [1.807, 2.05) is 23.6 Å². The lowest BCUT2D eigenvalue weighted by Crippen LogP contribution is -2.47. The number of hydrogen-bond acceptors (Lipinski definition) is 9. The van der Waals surface area contributed by atoms with Crippen LogP contribution in [-0.4, -0.2) is 81.6 Å². The van der Waals surface area contributed by atoms with Crippen LogP contribution in [0.3, 0.4) is 0 Å². The lowest BCUT2D eigenvalue weighted by atomic mass is 10.1. The van der Waals surface area contributed by atoms with Crippen LogP contribution >= 0.6 is 11.3 Å². The van der Waals surface area contributed by atoms with E-state index >= 15 is 4.39 Å². The van der Waals surface area contributed by atoms with Gasteiger partial charge in [0.15, 0.2) is 16.8 Å². The Morgan fingerprint density at radius 3 is 2.38 bits per heavy atom. The molecule has 4 rings (SSSR count). The van der Waals surface area contributed by atoms with E-state index in [1.165, 1.54) is 0 Å². The summed E-state index contributed by atoms with van der Waals surface area (Å²) in [6.07, 6.45) is -4.72. The summed E-state index contributed by atoms with van der Waals surface area (Å²) in [6, 6.07) is 2.30. The highest BCUT2D eigenvalue weighted by Gasteiger charge is 2.32. The van der Waals surface area contributed by atoms with E-state index in [0.717, 1.165) is 23.5 Å². The van der Waals surface area contributed by atoms with Crippen molar-refractivity contribution in [3.05, 3.63) is 46.1 Å². The molecule has 3 aromatic rings. The molecule has 3 heterocycles. The fourth-order valence-corrected chi connectivity index (χ4v) is 5.68. The Bertz CT molecular complexity index is 1410. The van der Waals surface area contributed by atoms with Crippen molar-refractivity contribution in [3.8, 4) is 11.3 Å². The van der Waals surface area contributed by atoms with Crippen LogP contribution in [0.4, 0.5) is 38.7 Å². The van der Waals surface area contributed by atoms with E-state index in [2.05, 4.69) is 20.3 Å². The Kier molecular flexibility index (Phi) is 9.94. The number of piperazine rings is 1. The number of halogens is 5. The fourth-order valence-electron chi connectivity index (χ4n) is 4.65. The third kappa shape index (κ3) is 7.69. The van der Waals surface area contributed by atoms with Gasteiger partial charge in [-0.05, 0) is 38.2 Å². The van der Waals surface area contributed by atoms with Gasteiger partial charge in [-0.15, -0.1) is 0 Å². The number of aromatic nitrogens is 3. The Morgan fingerprint density at radius 2 is 1.76 bits per heavy atom. The molecule has 0 atom stereocenters. The first kappa shape index (κ1) is 31.5. The van der Waals surface area contributed by atoms with Gasteiger partial charge < -0.3 is 15.3 Å². The maximum Gasteiger partial charge on any atom is 0.416 e. The molecule has 1 fully saturated rings. The predicted octanol–water partition coefficient (Wildman–Crippen LogP) is 5.39. The van der Waals surface area contributed by atoms with Crippen molar-refractivity contribution in [2.24, 2.45) is 0 Å². The van der Waals surface area contributed by atoms with Crippen molar-refractivity contribution >= 4 is 34.1 Å². The number of hydrogen-bond donors (Lipinski definition) is 2. The van der Waals surface area contributed by atoms with E-state index < -0.39 is 29.3 Å². The standard InChI is InChI=1S/C27H32F5N7O2S/c1-4-37(5-2)15-20-23(17-12-18(27(30,31)32)14-19(28)13-17)35-26(42-20)36-24-22(29)25(34-16(3)33-24)39-10-8-38(9-11-39)7-6-21(40)41/h12-14H,4-11,15H2,1-3H3,(H,40,41)(H,33,34,35,36). The molecule has 15 heteroatoms. The molecule has 0 bridgehead atoms. The van der Waals surface area contributed by atoms with Crippen molar-refractivity contribution in [2.45, 2.75) is 39.9 Å². The lowest BCUT2D eigenvalue weighted by Gasteiger charge is -2.35. The highest BCUT2D eigenvalue weighted by molar-refractivity contribution is 7.16. The van der Waals surface area contributed by atoms with Crippen molar-refractivity contribution in [1.29, 1.82) is 0 Å². The largest absolute Gasteiger partial charge is 0.481 e. The molecule has 1 saturated heterocycles. The first-order valence-corrected chi connectivity index (χ1v) is 14.3. The fraction of sp³-hybridized carbons (Fsp3) is 0.481. The second-order valence-corrected chi connectivity index (χ2v) is 10.9. The Hall–Kier alpha value is -3.43. The summed E-state index contributed by atoms with van der Waals surface area (Å²) in [5.41, 5.74) is -0.989. The number of carboxylic acids is 1. The van der Waals surface area contributed by atoms with Gasteiger partial charge in [-0.2, -0.15) is 17.6 Å². The summed E-state index contributed by atoms with van der Waals surface area (Å²) in [5.74, 6) is -2.40. The summed E-state index contributed by atoms with van der Waals surface area (Å²) >= 11 is 1.13. The topological polar surface area (TPSA) is 97.7 Å². The normalized spacial score (nSPS) is 14.5. The van der Waals surface area contributed by atoms with Crippen LogP contribution in [0.15, 0.2) is 18.2 Å². The molecule has 0 radical (unpaired) electrons. The molecule has 0 spiro atoms. The second-order valence-electron chi connectivity index (χ2n) is 9.83. The molecule has 0 amide bonds. The smallest absolute Gasteiger partial charge is 0.416 e. The molecular formula is C27H32F5N7O2S. The molecule has 42 heavy (non-hydrogen) atoms. The van der Waals surface area contributed by atoms with Gasteiger partial charge in [0.1, 0.15) is 11.6 Å². The Labute approximate surface area is 244 Å². The zero-order valence-electron chi connectivity index (χ0n) is 23.4. The van der Waals surface area contributed by atoms with Gasteiger partial charge in [0, 0.05) is 49.7 Å². The number of alkyl halides is 3. The second kappa shape index (κ2) is 13.3. The van der Waals surface area contributed by atoms with Gasteiger partial charge in [-0.1, -0.05) is 25.2 Å². The number of thiazole rings is 1. The first-order chi connectivity index (χ1) is 19.9. The Balaban J connectivity index is 1.64. The number of carbonyl (C=O) groups is 1. The van der Waals surface area contributed by atoms with E-state index in [9.17, 15) is 22.4 Å². The molecule has 0 saturated carbocycles. The zero-order valence-corrected chi connectivity index (χ0v) is 24.2. The molecule has 228 valence electrons. The number of benzene rings is 1. The average Bonchev–Trinajstić information content (AvgIpc) is 3.33. The van der Waals surface area contributed by atoms with E-state index in [0.29, 0.717) is 69.1 Å². The minimum Gasteiger partial charge on any atom is -0.481 e. The Morgan fingerprint density at radius 1 is 1.07 bits per heavy atom. The van der Waals surface area contributed by atoms with Crippen LogP contribution < -0.4 is 10.2 Å². The number of nitrogens with one attached hydrogen (secondary N) is 1. The number of anilines is 3. The van der Waals surface area contributed by atoms with E-state index in [4.69, 9.17) is 5.11 Å². The van der Waals surface area contributed by atoms with Gasteiger partial charge in [0.2, 0.25) is 5.82 Å². The van der Waals surface area contributed by atoms with E-state index in [-0.39, 0.29) is 34.4 Å². The van der Waals surface area contributed by atoms with Gasteiger partial charge in [-0.3, -0.25) is 14.6 Å². The lowest BCUT2D eigenvalue weighted by molar-refractivity contribution is -0.138. The molecule has 2 aromatic heterocycles. The van der Waals surface area contributed by atoms with Crippen LogP contribution in [0.25, 0.3) is 11.3 Å². The van der Waals surface area contributed by atoms with Gasteiger partial charge in [-0.25, -0.2) is 19.3 Å². The number of aryl methyl sites for hydroxylation is 1. The molecule has 1 aromatic carbocycles. The third-order valence-electron chi connectivity index (χ3n) is 6.94. The van der Waals surface area contributed by atoms with Crippen molar-refractivity contribution < 1.29 is 31.9 Å². The van der Waals surface area contributed by atoms with Crippen LogP contribution in [-0.2, 0) is 17.5 Å². The molecule has 0 aliphatic carbocycles. The van der Waals surface area contributed by atoms with E-state index in [1.54, 1.807) is 11.8 Å². The number of nitrogens with zero attached hydrogens (tertiary/aromatic N) is 6. The first-order valence-electron chi connectivity index (χ1n) is 13.5. The monoisotopic (exact) mass is 613 g/mol. The molecule has 9 nitrogen and oxygen atoms in total. The SMILES string of the molecule is CCN(CC)Cc1sc(Nc2nc(C)nc(N3CCN(CCC(=O)O)CC3)c2F)nc1-c1cc(F)cc(C(F)(F)F)c1. The maximum absolute atomic E-state index is 15.7. The minimum atomic E-state index is -4.74. The molecule has 2 N–H and O–H groups in total. The summed E-state index contributed by atoms with van der Waals surface area (Å²) in [4.78, 5) is 30.2. The molecule has 0 unspecified atom stereocenters. The van der Waals surface area contributed by atoms with Crippen LogP contribution in [0.5, 0.6) is 0 Å².